The summed E-state index contributed by atoms with van der Waals surface area (Å²) in [6.07, 6.45) is 3.04. The number of unbranched alkanes of at least 4 members (excludes halogenated alkanes) is 1. The van der Waals surface area contributed by atoms with Crippen LogP contribution >= 0.6 is 0 Å². The Morgan fingerprint density at radius 2 is 1.90 bits per heavy atom. The Kier molecular flexibility index (Phi) is 6.79. The van der Waals surface area contributed by atoms with Crippen LogP contribution in [0.2, 0.25) is 0 Å². The largest absolute Gasteiger partial charge is 0.467 e. The molecule has 0 bridgehead atoms. The summed E-state index contributed by atoms with van der Waals surface area (Å²) in [5.74, 6) is 0.353. The van der Waals surface area contributed by atoms with E-state index in [0.29, 0.717) is 30.2 Å². The van der Waals surface area contributed by atoms with Crippen LogP contribution in [0.1, 0.15) is 61.2 Å². The number of nitrogens with two attached hydrogens (primary N) is 1. The summed E-state index contributed by atoms with van der Waals surface area (Å²) in [4.78, 5) is 42.1. The number of H-pyrrole nitrogens is 1. The highest BCUT2D eigenvalue weighted by Gasteiger charge is 2.26. The molecule has 0 atom stereocenters. The summed E-state index contributed by atoms with van der Waals surface area (Å²) in [5.41, 5.74) is 6.38. The molecule has 0 aliphatic carbocycles. The van der Waals surface area contributed by atoms with E-state index < -0.39 is 17.2 Å². The topological polar surface area (TPSA) is 114 Å². The highest BCUT2D eigenvalue weighted by Crippen LogP contribution is 2.23. The number of aromatic nitrogens is 2. The second-order valence-electron chi connectivity index (χ2n) is 7.75. The number of nitrogens with one attached hydrogen (secondary N) is 1. The van der Waals surface area contributed by atoms with Crippen molar-refractivity contribution in [1.82, 2.24) is 9.55 Å². The molecule has 0 saturated carbocycles. The van der Waals surface area contributed by atoms with Gasteiger partial charge in [0.25, 0.3) is 11.5 Å². The molecule has 2 heterocycles. The van der Waals surface area contributed by atoms with Gasteiger partial charge in [-0.1, -0.05) is 39.3 Å². The van der Waals surface area contributed by atoms with E-state index >= 15 is 0 Å². The normalized spacial score (nSPS) is 11.1. The first-order chi connectivity index (χ1) is 14.8. The number of hydrogen-bond acceptors (Lipinski definition) is 5. The second kappa shape index (κ2) is 9.51. The number of anilines is 2. The van der Waals surface area contributed by atoms with Gasteiger partial charge in [-0.2, -0.15) is 0 Å². The minimum Gasteiger partial charge on any atom is -0.467 e. The summed E-state index contributed by atoms with van der Waals surface area (Å²) in [7, 11) is 0. The zero-order valence-corrected chi connectivity index (χ0v) is 18.1. The van der Waals surface area contributed by atoms with Crippen molar-refractivity contribution in [3.63, 3.8) is 0 Å². The number of benzene rings is 1. The summed E-state index contributed by atoms with van der Waals surface area (Å²) in [6, 6.07) is 10.6. The number of rotatable bonds is 8. The van der Waals surface area contributed by atoms with E-state index in [1.807, 2.05) is 19.1 Å². The average molecular weight is 425 g/mol. The van der Waals surface area contributed by atoms with Gasteiger partial charge in [-0.05, 0) is 42.2 Å². The zero-order valence-electron chi connectivity index (χ0n) is 18.1. The molecule has 0 aliphatic heterocycles. The maximum Gasteiger partial charge on any atom is 0.330 e. The molecular formula is C23H28N4O4. The smallest absolute Gasteiger partial charge is 0.330 e. The summed E-state index contributed by atoms with van der Waals surface area (Å²) in [6.45, 7) is 6.47. The Morgan fingerprint density at radius 3 is 2.48 bits per heavy atom. The van der Waals surface area contributed by atoms with Crippen LogP contribution in [-0.4, -0.2) is 15.5 Å². The fourth-order valence-corrected chi connectivity index (χ4v) is 3.35. The van der Waals surface area contributed by atoms with Crippen LogP contribution in [-0.2, 0) is 13.1 Å². The number of nitrogens with zero attached hydrogens (tertiary/aromatic N) is 2. The maximum absolute atomic E-state index is 13.5. The van der Waals surface area contributed by atoms with Gasteiger partial charge in [0.15, 0.2) is 5.69 Å². The highest BCUT2D eigenvalue weighted by atomic mass is 16.3. The monoisotopic (exact) mass is 424 g/mol. The Morgan fingerprint density at radius 1 is 1.19 bits per heavy atom. The molecule has 0 radical (unpaired) electrons. The molecule has 0 unspecified atom stereocenters. The molecule has 0 fully saturated rings. The predicted octanol–water partition coefficient (Wildman–Crippen LogP) is 3.48. The minimum absolute atomic E-state index is 0.00295. The first kappa shape index (κ1) is 22.1. The van der Waals surface area contributed by atoms with E-state index in [9.17, 15) is 14.4 Å². The minimum atomic E-state index is -0.714. The molecule has 3 N–H and O–H groups in total. The summed E-state index contributed by atoms with van der Waals surface area (Å²) >= 11 is 0. The number of hydrogen-bond donors (Lipinski definition) is 2. The third-order valence-electron chi connectivity index (χ3n) is 5.18. The van der Waals surface area contributed by atoms with Crippen molar-refractivity contribution in [2.45, 2.75) is 52.6 Å². The summed E-state index contributed by atoms with van der Waals surface area (Å²) < 4.78 is 6.70. The van der Waals surface area contributed by atoms with Crippen LogP contribution in [0, 0.1) is 0 Å². The van der Waals surface area contributed by atoms with Crippen LogP contribution < -0.4 is 21.9 Å². The summed E-state index contributed by atoms with van der Waals surface area (Å²) in [5, 5.41) is 0. The third kappa shape index (κ3) is 4.79. The first-order valence-corrected chi connectivity index (χ1v) is 10.4. The molecule has 2 aromatic heterocycles. The van der Waals surface area contributed by atoms with Gasteiger partial charge in [0, 0.05) is 12.1 Å². The molecule has 31 heavy (non-hydrogen) atoms. The fraction of sp³-hybridized carbons (Fsp3) is 0.348. The molecule has 0 saturated heterocycles. The fourth-order valence-electron chi connectivity index (χ4n) is 3.35. The Balaban J connectivity index is 2.10. The van der Waals surface area contributed by atoms with Gasteiger partial charge in [-0.25, -0.2) is 4.79 Å². The van der Waals surface area contributed by atoms with Gasteiger partial charge in [0.05, 0.1) is 12.8 Å². The first-order valence-electron chi connectivity index (χ1n) is 10.4. The Hall–Kier alpha value is -3.55. The lowest BCUT2D eigenvalue weighted by atomic mass is 10.0. The van der Waals surface area contributed by atoms with E-state index in [1.54, 1.807) is 24.3 Å². The Bertz CT molecular complexity index is 1140. The van der Waals surface area contributed by atoms with Gasteiger partial charge < -0.3 is 10.2 Å². The highest BCUT2D eigenvalue weighted by molar-refractivity contribution is 6.07. The van der Waals surface area contributed by atoms with E-state index in [0.717, 1.165) is 12.0 Å². The van der Waals surface area contributed by atoms with E-state index in [1.165, 1.54) is 15.7 Å². The van der Waals surface area contributed by atoms with Crippen molar-refractivity contribution < 1.29 is 9.21 Å². The molecule has 8 nitrogen and oxygen atoms in total. The standard InChI is InChI=1S/C23H28N4O4/c1-4-5-12-26-20(24)19(21(28)25-23(26)30)27(14-18-7-6-13-31-18)22(29)17-10-8-16(9-11-17)15(2)3/h6-11,13,15H,4-5,12,14,24H2,1-3H3,(H,25,28,30). The number of furan rings is 1. The number of aromatic amines is 1. The van der Waals surface area contributed by atoms with Crippen LogP contribution in [0.3, 0.4) is 0 Å². The molecule has 3 rings (SSSR count). The molecule has 0 aliphatic rings. The van der Waals surface area contributed by atoms with Crippen molar-refractivity contribution >= 4 is 17.4 Å². The van der Waals surface area contributed by atoms with Crippen molar-refractivity contribution in [1.29, 1.82) is 0 Å². The van der Waals surface area contributed by atoms with Gasteiger partial charge in [-0.3, -0.25) is 24.0 Å². The molecular weight excluding hydrogens is 396 g/mol. The second-order valence-corrected chi connectivity index (χ2v) is 7.75. The number of carbonyl (C=O) groups is 1. The van der Waals surface area contributed by atoms with Crippen molar-refractivity contribution in [3.05, 3.63) is 80.4 Å². The molecule has 1 amide bonds. The molecule has 3 aromatic rings. The lowest BCUT2D eigenvalue weighted by molar-refractivity contribution is 0.0983. The van der Waals surface area contributed by atoms with Crippen molar-refractivity contribution in [2.75, 3.05) is 10.6 Å². The van der Waals surface area contributed by atoms with E-state index in [-0.39, 0.29) is 18.1 Å². The van der Waals surface area contributed by atoms with E-state index in [4.69, 9.17) is 10.2 Å². The quantitative estimate of drug-likeness (QED) is 0.574. The van der Waals surface area contributed by atoms with E-state index in [2.05, 4.69) is 18.8 Å². The third-order valence-corrected chi connectivity index (χ3v) is 5.18. The van der Waals surface area contributed by atoms with Crippen LogP contribution in [0.5, 0.6) is 0 Å². The lowest BCUT2D eigenvalue weighted by Crippen LogP contribution is -2.41. The maximum atomic E-state index is 13.5. The molecule has 0 spiro atoms. The Labute approximate surface area is 180 Å². The van der Waals surface area contributed by atoms with Crippen molar-refractivity contribution in [2.24, 2.45) is 0 Å². The molecule has 8 heteroatoms. The van der Waals surface area contributed by atoms with Gasteiger partial charge in [0.2, 0.25) is 0 Å². The SMILES string of the molecule is CCCCn1c(N)c(N(Cc2ccco2)C(=O)c2ccc(C(C)C)cc2)c(=O)[nH]c1=O. The number of amides is 1. The average Bonchev–Trinajstić information content (AvgIpc) is 3.25. The van der Waals surface area contributed by atoms with Gasteiger partial charge in [0.1, 0.15) is 11.6 Å². The lowest BCUT2D eigenvalue weighted by Gasteiger charge is -2.24. The van der Waals surface area contributed by atoms with Gasteiger partial charge >= 0.3 is 5.69 Å². The van der Waals surface area contributed by atoms with Crippen LogP contribution in [0.4, 0.5) is 11.5 Å². The van der Waals surface area contributed by atoms with Crippen LogP contribution in [0.25, 0.3) is 0 Å². The number of nitrogen functional groups attached to an aromatic ring is 1. The molecule has 164 valence electrons. The van der Waals surface area contributed by atoms with Crippen molar-refractivity contribution in [3.8, 4) is 0 Å². The van der Waals surface area contributed by atoms with Crippen LogP contribution in [0.15, 0.2) is 56.7 Å². The predicted molar refractivity (Wildman–Crippen MR) is 120 cm³/mol. The number of carbonyl (C=O) groups excluding carboxylic acids is 1. The van der Waals surface area contributed by atoms with Gasteiger partial charge in [-0.15, -0.1) is 0 Å². The zero-order chi connectivity index (χ0) is 22.5. The molecule has 1 aromatic carbocycles.